The molecular formula is C10H8ClN3O2. The fourth-order valence-corrected chi connectivity index (χ4v) is 1.23. The van der Waals surface area contributed by atoms with Gasteiger partial charge in [-0.15, -0.1) is 5.10 Å². The van der Waals surface area contributed by atoms with Gasteiger partial charge in [0.2, 0.25) is 11.2 Å². The molecule has 1 aromatic heterocycles. The summed E-state index contributed by atoms with van der Waals surface area (Å²) in [6.07, 6.45) is 1.38. The van der Waals surface area contributed by atoms with Gasteiger partial charge in [-0.2, -0.15) is 10.1 Å². The molecule has 0 amide bonds. The summed E-state index contributed by atoms with van der Waals surface area (Å²) in [6, 6.07) is 7.14. The van der Waals surface area contributed by atoms with Crippen LogP contribution in [0.15, 0.2) is 30.5 Å². The van der Waals surface area contributed by atoms with Crippen molar-refractivity contribution in [1.82, 2.24) is 15.2 Å². The molecule has 0 fully saturated rings. The van der Waals surface area contributed by atoms with E-state index in [0.717, 1.165) is 0 Å². The van der Waals surface area contributed by atoms with Crippen LogP contribution >= 0.6 is 11.6 Å². The third kappa shape index (κ3) is 2.58. The molecule has 0 saturated carbocycles. The van der Waals surface area contributed by atoms with E-state index < -0.39 is 0 Å². The Bertz CT molecular complexity index is 493. The lowest BCUT2D eigenvalue weighted by molar-refractivity contribution is 0.407. The van der Waals surface area contributed by atoms with Crippen molar-refractivity contribution < 1.29 is 9.47 Å². The summed E-state index contributed by atoms with van der Waals surface area (Å²) < 4.78 is 10.5. The van der Waals surface area contributed by atoms with Gasteiger partial charge in [0.15, 0.2) is 0 Å². The minimum atomic E-state index is 0.0420. The smallest absolute Gasteiger partial charge is 0.246 e. The number of hydrogen-bond acceptors (Lipinski definition) is 5. The lowest BCUT2D eigenvalue weighted by atomic mass is 10.3. The first-order valence-corrected chi connectivity index (χ1v) is 4.83. The fourth-order valence-electron chi connectivity index (χ4n) is 1.10. The SMILES string of the molecule is COc1cccc(Oc2cnnc(Cl)n2)c1. The van der Waals surface area contributed by atoms with Crippen LogP contribution in [-0.2, 0) is 0 Å². The molecule has 0 radical (unpaired) electrons. The quantitative estimate of drug-likeness (QED) is 0.820. The van der Waals surface area contributed by atoms with E-state index in [4.69, 9.17) is 21.1 Å². The van der Waals surface area contributed by atoms with Crippen LogP contribution in [0.3, 0.4) is 0 Å². The highest BCUT2D eigenvalue weighted by molar-refractivity contribution is 6.28. The molecule has 0 bridgehead atoms. The van der Waals surface area contributed by atoms with E-state index in [1.165, 1.54) is 6.20 Å². The fraction of sp³-hybridized carbons (Fsp3) is 0.100. The molecule has 0 spiro atoms. The maximum absolute atomic E-state index is 5.58. The van der Waals surface area contributed by atoms with Crippen LogP contribution in [0.4, 0.5) is 0 Å². The molecule has 1 aromatic carbocycles. The van der Waals surface area contributed by atoms with Crippen molar-refractivity contribution in [3.8, 4) is 17.4 Å². The molecule has 2 aromatic rings. The Labute approximate surface area is 97.0 Å². The van der Waals surface area contributed by atoms with Gasteiger partial charge in [-0.25, -0.2) is 0 Å². The van der Waals surface area contributed by atoms with E-state index in [-0.39, 0.29) is 11.2 Å². The average molecular weight is 238 g/mol. The van der Waals surface area contributed by atoms with Crippen molar-refractivity contribution in [3.63, 3.8) is 0 Å². The third-order valence-corrected chi connectivity index (χ3v) is 1.93. The second-order valence-corrected chi connectivity index (χ2v) is 3.18. The Morgan fingerprint density at radius 3 is 2.81 bits per heavy atom. The summed E-state index contributed by atoms with van der Waals surface area (Å²) in [5.41, 5.74) is 0. The maximum atomic E-state index is 5.58. The zero-order valence-electron chi connectivity index (χ0n) is 8.42. The van der Waals surface area contributed by atoms with Crippen molar-refractivity contribution in [2.45, 2.75) is 0 Å². The molecule has 5 nitrogen and oxygen atoms in total. The summed E-state index contributed by atoms with van der Waals surface area (Å²) in [4.78, 5) is 3.85. The van der Waals surface area contributed by atoms with Gasteiger partial charge >= 0.3 is 0 Å². The summed E-state index contributed by atoms with van der Waals surface area (Å²) in [5.74, 6) is 1.58. The van der Waals surface area contributed by atoms with Gasteiger partial charge in [-0.1, -0.05) is 6.07 Å². The molecule has 6 heteroatoms. The number of methoxy groups -OCH3 is 1. The molecule has 0 aliphatic rings. The Morgan fingerprint density at radius 2 is 2.06 bits per heavy atom. The van der Waals surface area contributed by atoms with Crippen LogP contribution in [0.1, 0.15) is 0 Å². The van der Waals surface area contributed by atoms with E-state index in [9.17, 15) is 0 Å². The lowest BCUT2D eigenvalue weighted by Crippen LogP contribution is -1.92. The number of aromatic nitrogens is 3. The first-order chi connectivity index (χ1) is 7.78. The van der Waals surface area contributed by atoms with Crippen LogP contribution in [0.5, 0.6) is 17.4 Å². The Hall–Kier alpha value is -1.88. The number of rotatable bonds is 3. The van der Waals surface area contributed by atoms with E-state index >= 15 is 0 Å². The normalized spacial score (nSPS) is 9.88. The van der Waals surface area contributed by atoms with Crippen LogP contribution in [0.2, 0.25) is 5.28 Å². The molecule has 16 heavy (non-hydrogen) atoms. The second kappa shape index (κ2) is 4.76. The van der Waals surface area contributed by atoms with E-state index in [0.29, 0.717) is 11.5 Å². The number of benzene rings is 1. The van der Waals surface area contributed by atoms with Gasteiger partial charge in [-0.3, -0.25) is 0 Å². The summed E-state index contributed by atoms with van der Waals surface area (Å²) in [7, 11) is 1.59. The molecule has 0 saturated heterocycles. The molecular weight excluding hydrogens is 230 g/mol. The van der Waals surface area contributed by atoms with Gasteiger partial charge in [0, 0.05) is 6.07 Å². The van der Waals surface area contributed by atoms with Crippen molar-refractivity contribution >= 4 is 11.6 Å². The van der Waals surface area contributed by atoms with Gasteiger partial charge in [-0.05, 0) is 23.7 Å². The van der Waals surface area contributed by atoms with Crippen LogP contribution in [0.25, 0.3) is 0 Å². The maximum Gasteiger partial charge on any atom is 0.246 e. The molecule has 0 atom stereocenters. The average Bonchev–Trinajstić information content (AvgIpc) is 2.29. The molecule has 1 heterocycles. The van der Waals surface area contributed by atoms with Crippen molar-refractivity contribution in [3.05, 3.63) is 35.7 Å². The molecule has 0 aliphatic carbocycles. The van der Waals surface area contributed by atoms with Crippen molar-refractivity contribution in [1.29, 1.82) is 0 Å². The van der Waals surface area contributed by atoms with Gasteiger partial charge < -0.3 is 9.47 Å². The highest BCUT2D eigenvalue weighted by Gasteiger charge is 2.02. The molecule has 82 valence electrons. The first-order valence-electron chi connectivity index (χ1n) is 4.45. The lowest BCUT2D eigenvalue weighted by Gasteiger charge is -2.05. The molecule has 0 unspecified atom stereocenters. The zero-order chi connectivity index (χ0) is 11.4. The number of hydrogen-bond donors (Lipinski definition) is 0. The predicted octanol–water partition coefficient (Wildman–Crippen LogP) is 2.33. The standard InChI is InChI=1S/C10H8ClN3O2/c1-15-7-3-2-4-8(5-7)16-9-6-12-14-10(11)13-9/h2-6H,1H3. The minimum Gasteiger partial charge on any atom is -0.497 e. The van der Waals surface area contributed by atoms with Gasteiger partial charge in [0.05, 0.1) is 7.11 Å². The van der Waals surface area contributed by atoms with Crippen LogP contribution < -0.4 is 9.47 Å². The third-order valence-electron chi connectivity index (χ3n) is 1.77. The van der Waals surface area contributed by atoms with Crippen LogP contribution in [0, 0.1) is 0 Å². The monoisotopic (exact) mass is 237 g/mol. The largest absolute Gasteiger partial charge is 0.497 e. The summed E-state index contributed by atoms with van der Waals surface area (Å²) in [6.45, 7) is 0. The van der Waals surface area contributed by atoms with E-state index in [1.54, 1.807) is 19.2 Å². The first kappa shape index (κ1) is 10.6. The number of nitrogens with zero attached hydrogens (tertiary/aromatic N) is 3. The number of ether oxygens (including phenoxy) is 2. The zero-order valence-corrected chi connectivity index (χ0v) is 9.18. The predicted molar refractivity (Wildman–Crippen MR) is 57.9 cm³/mol. The highest BCUT2D eigenvalue weighted by atomic mass is 35.5. The Morgan fingerprint density at radius 1 is 1.25 bits per heavy atom. The minimum absolute atomic E-state index is 0.0420. The topological polar surface area (TPSA) is 57.1 Å². The van der Waals surface area contributed by atoms with Gasteiger partial charge in [0.1, 0.15) is 17.7 Å². The Balaban J connectivity index is 2.20. The molecule has 2 rings (SSSR count). The van der Waals surface area contributed by atoms with Crippen molar-refractivity contribution in [2.75, 3.05) is 7.11 Å². The van der Waals surface area contributed by atoms with E-state index in [1.807, 2.05) is 12.1 Å². The number of halogens is 1. The van der Waals surface area contributed by atoms with Gasteiger partial charge in [0.25, 0.3) is 0 Å². The highest BCUT2D eigenvalue weighted by Crippen LogP contribution is 2.23. The van der Waals surface area contributed by atoms with Crippen molar-refractivity contribution in [2.24, 2.45) is 0 Å². The second-order valence-electron chi connectivity index (χ2n) is 2.84. The summed E-state index contributed by atoms with van der Waals surface area (Å²) >= 11 is 5.58. The molecule has 0 aliphatic heterocycles. The Kier molecular flexibility index (Phi) is 3.16. The molecule has 0 N–H and O–H groups in total. The van der Waals surface area contributed by atoms with E-state index in [2.05, 4.69) is 15.2 Å². The van der Waals surface area contributed by atoms with Crippen LogP contribution in [-0.4, -0.2) is 22.3 Å². The summed E-state index contributed by atoms with van der Waals surface area (Å²) in [5, 5.41) is 7.18.